The summed E-state index contributed by atoms with van der Waals surface area (Å²) in [7, 11) is 0. The van der Waals surface area contributed by atoms with Crippen LogP contribution in [0.4, 0.5) is 0 Å². The normalized spacial score (nSPS) is 66.7. The van der Waals surface area contributed by atoms with Crippen LogP contribution in [0.1, 0.15) is 52.9 Å². The Bertz CT molecular complexity index is 400. The van der Waals surface area contributed by atoms with Crippen molar-refractivity contribution in [3.8, 4) is 0 Å². The first kappa shape index (κ1) is 9.67. The molecule has 1 spiro atoms. The molecule has 6 atom stereocenters. The van der Waals surface area contributed by atoms with Crippen LogP contribution in [0.2, 0.25) is 0 Å². The van der Waals surface area contributed by atoms with E-state index in [0.29, 0.717) is 16.6 Å². The third-order valence-electron chi connectivity index (χ3n) is 7.48. The first-order valence-electron chi connectivity index (χ1n) is 6.97. The lowest BCUT2D eigenvalue weighted by Crippen LogP contribution is -2.56. The Morgan fingerprint density at radius 3 is 2.50 bits per heavy atom. The number of ketones is 1. The lowest BCUT2D eigenvalue weighted by molar-refractivity contribution is -0.158. The first-order chi connectivity index (χ1) is 7.44. The van der Waals surface area contributed by atoms with Crippen molar-refractivity contribution in [1.29, 1.82) is 0 Å². The minimum absolute atomic E-state index is 0.110. The van der Waals surface area contributed by atoms with Crippen molar-refractivity contribution in [3.63, 3.8) is 0 Å². The maximum Gasteiger partial charge on any atom is 0.139 e. The van der Waals surface area contributed by atoms with E-state index >= 15 is 0 Å². The fraction of sp³-hybridized carbons (Fsp3) is 0.933. The van der Waals surface area contributed by atoms with Gasteiger partial charge in [-0.1, -0.05) is 20.8 Å². The second kappa shape index (κ2) is 2.28. The van der Waals surface area contributed by atoms with Crippen LogP contribution in [-0.2, 0) is 4.79 Å². The van der Waals surface area contributed by atoms with Crippen LogP contribution >= 0.6 is 0 Å². The standard InChI is InChI=1S/C15H22O/c1-9-4-5-12(16)15-7-11-10(6-14(9,15)3)13(11,2)8-15/h9-11H,4-8H2,1-3H3/t9-,10+,11-,13-,14+,15-/m0/s1. The van der Waals surface area contributed by atoms with Crippen LogP contribution in [-0.4, -0.2) is 5.78 Å². The highest BCUT2D eigenvalue weighted by molar-refractivity contribution is 5.88. The van der Waals surface area contributed by atoms with Crippen molar-refractivity contribution in [1.82, 2.24) is 0 Å². The SMILES string of the molecule is C[C@H]1CCC(=O)[C@@]23C[C@H]4[C@@H](C[C@]12C)[C@]4(C)C3. The largest absolute Gasteiger partial charge is 0.299 e. The average molecular weight is 218 g/mol. The van der Waals surface area contributed by atoms with Gasteiger partial charge < -0.3 is 0 Å². The molecule has 0 aromatic carbocycles. The number of hydrogen-bond acceptors (Lipinski definition) is 1. The molecule has 5 rings (SSSR count). The topological polar surface area (TPSA) is 17.1 Å². The van der Waals surface area contributed by atoms with Crippen molar-refractivity contribution in [2.24, 2.45) is 34.0 Å². The molecule has 0 N–H and O–H groups in total. The Labute approximate surface area is 98.0 Å². The van der Waals surface area contributed by atoms with Gasteiger partial charge >= 0.3 is 0 Å². The maximum atomic E-state index is 12.5. The molecule has 0 heterocycles. The van der Waals surface area contributed by atoms with Crippen molar-refractivity contribution in [3.05, 3.63) is 0 Å². The maximum absolute atomic E-state index is 12.5. The van der Waals surface area contributed by atoms with Gasteiger partial charge in [-0.2, -0.15) is 0 Å². The predicted octanol–water partition coefficient (Wildman–Crippen LogP) is 3.43. The van der Waals surface area contributed by atoms with Crippen molar-refractivity contribution in [2.75, 3.05) is 0 Å². The van der Waals surface area contributed by atoms with Gasteiger partial charge in [-0.15, -0.1) is 0 Å². The molecule has 1 heteroatoms. The van der Waals surface area contributed by atoms with Gasteiger partial charge in [0.1, 0.15) is 5.78 Å². The molecule has 0 saturated heterocycles. The average Bonchev–Trinajstić information content (AvgIpc) is 2.66. The summed E-state index contributed by atoms with van der Waals surface area (Å²) in [4.78, 5) is 12.5. The van der Waals surface area contributed by atoms with Gasteiger partial charge in [-0.05, 0) is 54.3 Å². The van der Waals surface area contributed by atoms with Gasteiger partial charge in [0.25, 0.3) is 0 Å². The van der Waals surface area contributed by atoms with E-state index in [1.807, 2.05) is 0 Å². The summed E-state index contributed by atoms with van der Waals surface area (Å²) in [6, 6.07) is 0. The molecule has 5 fully saturated rings. The Balaban J connectivity index is 1.87. The fourth-order valence-corrected chi connectivity index (χ4v) is 6.07. The van der Waals surface area contributed by atoms with Crippen molar-refractivity contribution in [2.45, 2.75) is 52.9 Å². The lowest BCUT2D eigenvalue weighted by Gasteiger charge is -2.58. The summed E-state index contributed by atoms with van der Waals surface area (Å²) in [5.74, 6) is 3.26. The zero-order valence-corrected chi connectivity index (χ0v) is 10.7. The number of Topliss-reactive ketones (excluding diaryl/α,β-unsaturated/α-hetero) is 1. The molecule has 5 saturated carbocycles. The van der Waals surface area contributed by atoms with Crippen LogP contribution in [0.3, 0.4) is 0 Å². The molecular weight excluding hydrogens is 196 g/mol. The van der Waals surface area contributed by atoms with Crippen molar-refractivity contribution < 1.29 is 4.79 Å². The molecule has 0 aliphatic heterocycles. The molecule has 16 heavy (non-hydrogen) atoms. The number of carbonyl (C=O) groups excluding carboxylic acids is 1. The fourth-order valence-electron chi connectivity index (χ4n) is 6.07. The van der Waals surface area contributed by atoms with E-state index in [4.69, 9.17) is 0 Å². The van der Waals surface area contributed by atoms with Gasteiger partial charge in [-0.3, -0.25) is 4.79 Å². The van der Waals surface area contributed by atoms with E-state index in [1.165, 1.54) is 19.3 Å². The van der Waals surface area contributed by atoms with E-state index < -0.39 is 0 Å². The summed E-state index contributed by atoms with van der Waals surface area (Å²) in [6.07, 6.45) is 5.83. The van der Waals surface area contributed by atoms with Gasteiger partial charge in [0, 0.05) is 11.8 Å². The third-order valence-corrected chi connectivity index (χ3v) is 7.48. The summed E-state index contributed by atoms with van der Waals surface area (Å²) >= 11 is 0. The zero-order chi connectivity index (χ0) is 11.3. The Kier molecular flexibility index (Phi) is 1.38. The first-order valence-corrected chi connectivity index (χ1v) is 6.97. The Morgan fingerprint density at radius 2 is 1.88 bits per heavy atom. The molecule has 1 nitrogen and oxygen atoms in total. The molecule has 0 unspecified atom stereocenters. The highest BCUT2D eigenvalue weighted by atomic mass is 16.1. The Morgan fingerprint density at radius 1 is 1.19 bits per heavy atom. The van der Waals surface area contributed by atoms with Crippen LogP contribution in [0.15, 0.2) is 0 Å². The minimum atomic E-state index is 0.110. The van der Waals surface area contributed by atoms with Gasteiger partial charge in [0.15, 0.2) is 0 Å². The van der Waals surface area contributed by atoms with Gasteiger partial charge in [0.2, 0.25) is 0 Å². The molecule has 0 aromatic heterocycles. The number of carbonyl (C=O) groups is 1. The smallest absolute Gasteiger partial charge is 0.139 e. The number of rotatable bonds is 0. The van der Waals surface area contributed by atoms with Crippen LogP contribution < -0.4 is 0 Å². The molecule has 0 aromatic rings. The molecule has 4 bridgehead atoms. The summed E-state index contributed by atoms with van der Waals surface area (Å²) in [5.41, 5.74) is 1.03. The summed E-state index contributed by atoms with van der Waals surface area (Å²) in [5, 5.41) is 0. The molecule has 0 radical (unpaired) electrons. The predicted molar refractivity (Wildman–Crippen MR) is 62.9 cm³/mol. The molecule has 0 amide bonds. The molecular formula is C15H22O. The van der Waals surface area contributed by atoms with Gasteiger partial charge in [0.05, 0.1) is 0 Å². The second-order valence-electron chi connectivity index (χ2n) is 7.67. The zero-order valence-electron chi connectivity index (χ0n) is 10.7. The quantitative estimate of drug-likeness (QED) is 0.609. The van der Waals surface area contributed by atoms with Gasteiger partial charge in [-0.25, -0.2) is 0 Å². The van der Waals surface area contributed by atoms with Crippen LogP contribution in [0, 0.1) is 34.0 Å². The van der Waals surface area contributed by atoms with E-state index in [2.05, 4.69) is 20.8 Å². The second-order valence-corrected chi connectivity index (χ2v) is 7.67. The summed E-state index contributed by atoms with van der Waals surface area (Å²) < 4.78 is 0. The highest BCUT2D eigenvalue weighted by Crippen LogP contribution is 2.85. The third kappa shape index (κ3) is 0.708. The minimum Gasteiger partial charge on any atom is -0.299 e. The van der Waals surface area contributed by atoms with Crippen LogP contribution in [0.5, 0.6) is 0 Å². The Hall–Kier alpha value is -0.330. The van der Waals surface area contributed by atoms with E-state index in [0.717, 1.165) is 30.6 Å². The van der Waals surface area contributed by atoms with E-state index in [1.54, 1.807) is 0 Å². The van der Waals surface area contributed by atoms with Crippen LogP contribution in [0.25, 0.3) is 0 Å². The molecule has 5 aliphatic carbocycles. The monoisotopic (exact) mass is 218 g/mol. The number of hydrogen-bond donors (Lipinski definition) is 0. The molecule has 88 valence electrons. The van der Waals surface area contributed by atoms with E-state index in [9.17, 15) is 4.79 Å². The van der Waals surface area contributed by atoms with Crippen molar-refractivity contribution >= 4 is 5.78 Å². The van der Waals surface area contributed by atoms with E-state index in [-0.39, 0.29) is 5.41 Å². The molecule has 5 aliphatic rings. The summed E-state index contributed by atoms with van der Waals surface area (Å²) in [6.45, 7) is 7.28. The highest BCUT2D eigenvalue weighted by Gasteiger charge is 2.80. The lowest BCUT2D eigenvalue weighted by atomic mass is 9.45.